The molecule has 0 saturated heterocycles. The number of furan rings is 1. The van der Waals surface area contributed by atoms with E-state index in [1.54, 1.807) is 7.05 Å². The minimum atomic E-state index is -0.0538. The van der Waals surface area contributed by atoms with Gasteiger partial charge in [0.2, 0.25) is 17.2 Å². The van der Waals surface area contributed by atoms with Crippen LogP contribution in [0.4, 0.5) is 11.9 Å². The number of nitrogens with zero attached hydrogens (tertiary/aromatic N) is 3. The summed E-state index contributed by atoms with van der Waals surface area (Å²) in [5.41, 5.74) is 0. The fourth-order valence-electron chi connectivity index (χ4n) is 1.48. The molecular formula is C11H14ClN5O. The normalized spacial score (nSPS) is 12.2. The van der Waals surface area contributed by atoms with E-state index in [0.29, 0.717) is 11.9 Å². The number of rotatable bonds is 4. The number of anilines is 2. The molecule has 0 radical (unpaired) electrons. The highest BCUT2D eigenvalue weighted by atomic mass is 35.5. The van der Waals surface area contributed by atoms with Crippen molar-refractivity contribution >= 4 is 23.5 Å². The maximum absolute atomic E-state index is 5.80. The van der Waals surface area contributed by atoms with Crippen molar-refractivity contribution < 1.29 is 4.42 Å². The van der Waals surface area contributed by atoms with Crippen molar-refractivity contribution in [2.45, 2.75) is 19.9 Å². The van der Waals surface area contributed by atoms with Crippen molar-refractivity contribution in [2.24, 2.45) is 0 Å². The monoisotopic (exact) mass is 267 g/mol. The molecule has 0 aliphatic carbocycles. The summed E-state index contributed by atoms with van der Waals surface area (Å²) in [6.45, 7) is 3.85. The van der Waals surface area contributed by atoms with E-state index in [-0.39, 0.29) is 11.3 Å². The SMILES string of the molecule is CNc1nc(Cl)nc(NC(C)c2ccc(C)o2)n1. The third-order valence-corrected chi connectivity index (χ3v) is 2.53. The van der Waals surface area contributed by atoms with E-state index < -0.39 is 0 Å². The van der Waals surface area contributed by atoms with Gasteiger partial charge in [0.15, 0.2) is 0 Å². The summed E-state index contributed by atoms with van der Waals surface area (Å²) in [6.07, 6.45) is 0. The molecule has 2 rings (SSSR count). The molecule has 0 bridgehead atoms. The minimum Gasteiger partial charge on any atom is -0.464 e. The molecule has 2 aromatic heterocycles. The Morgan fingerprint density at radius 1 is 1.22 bits per heavy atom. The topological polar surface area (TPSA) is 75.9 Å². The number of halogens is 1. The van der Waals surface area contributed by atoms with Crippen LogP contribution in [0.3, 0.4) is 0 Å². The molecular weight excluding hydrogens is 254 g/mol. The highest BCUT2D eigenvalue weighted by Gasteiger charge is 2.12. The molecule has 0 amide bonds. The van der Waals surface area contributed by atoms with E-state index in [4.69, 9.17) is 16.0 Å². The van der Waals surface area contributed by atoms with Crippen LogP contribution < -0.4 is 10.6 Å². The Balaban J connectivity index is 2.16. The molecule has 96 valence electrons. The van der Waals surface area contributed by atoms with Crippen LogP contribution in [0, 0.1) is 6.92 Å². The molecule has 0 aromatic carbocycles. The molecule has 1 atom stereocenters. The lowest BCUT2D eigenvalue weighted by Gasteiger charge is -2.11. The maximum atomic E-state index is 5.80. The number of hydrogen-bond acceptors (Lipinski definition) is 6. The smallest absolute Gasteiger partial charge is 0.229 e. The first-order chi connectivity index (χ1) is 8.58. The molecule has 0 spiro atoms. The predicted octanol–water partition coefficient (Wildman–Crippen LogP) is 2.64. The highest BCUT2D eigenvalue weighted by molar-refractivity contribution is 6.28. The zero-order valence-electron chi connectivity index (χ0n) is 10.4. The van der Waals surface area contributed by atoms with Crippen molar-refractivity contribution in [3.63, 3.8) is 0 Å². The molecule has 0 saturated carbocycles. The Morgan fingerprint density at radius 2 is 1.94 bits per heavy atom. The third-order valence-electron chi connectivity index (χ3n) is 2.37. The van der Waals surface area contributed by atoms with Crippen molar-refractivity contribution in [3.8, 4) is 0 Å². The summed E-state index contributed by atoms with van der Waals surface area (Å²) in [5, 5.41) is 6.06. The van der Waals surface area contributed by atoms with Crippen molar-refractivity contribution in [3.05, 3.63) is 28.9 Å². The molecule has 0 fully saturated rings. The first-order valence-corrected chi connectivity index (χ1v) is 5.88. The summed E-state index contributed by atoms with van der Waals surface area (Å²) >= 11 is 5.80. The van der Waals surface area contributed by atoms with E-state index in [1.807, 2.05) is 26.0 Å². The number of aryl methyl sites for hydroxylation is 1. The Morgan fingerprint density at radius 3 is 2.56 bits per heavy atom. The van der Waals surface area contributed by atoms with Gasteiger partial charge in [-0.3, -0.25) is 0 Å². The van der Waals surface area contributed by atoms with Crippen molar-refractivity contribution in [2.75, 3.05) is 17.7 Å². The Hall–Kier alpha value is -1.82. The molecule has 0 aliphatic rings. The Bertz CT molecular complexity index is 542. The Labute approximate surface area is 110 Å². The van der Waals surface area contributed by atoms with E-state index in [9.17, 15) is 0 Å². The van der Waals surface area contributed by atoms with Gasteiger partial charge < -0.3 is 15.1 Å². The second kappa shape index (κ2) is 5.22. The van der Waals surface area contributed by atoms with Gasteiger partial charge in [-0.15, -0.1) is 0 Å². The molecule has 18 heavy (non-hydrogen) atoms. The van der Waals surface area contributed by atoms with Crippen LogP contribution in [0.5, 0.6) is 0 Å². The van der Waals surface area contributed by atoms with Crippen LogP contribution in [0.15, 0.2) is 16.5 Å². The number of hydrogen-bond donors (Lipinski definition) is 2. The zero-order valence-corrected chi connectivity index (χ0v) is 11.1. The van der Waals surface area contributed by atoms with Gasteiger partial charge in [-0.05, 0) is 37.6 Å². The van der Waals surface area contributed by atoms with Gasteiger partial charge in [-0.25, -0.2) is 0 Å². The van der Waals surface area contributed by atoms with E-state index >= 15 is 0 Å². The minimum absolute atomic E-state index is 0.0538. The fraction of sp³-hybridized carbons (Fsp3) is 0.364. The van der Waals surface area contributed by atoms with Crippen molar-refractivity contribution in [1.82, 2.24) is 15.0 Å². The average Bonchev–Trinajstić information content (AvgIpc) is 2.75. The molecule has 6 nitrogen and oxygen atoms in total. The van der Waals surface area contributed by atoms with Crippen molar-refractivity contribution in [1.29, 1.82) is 0 Å². The quantitative estimate of drug-likeness (QED) is 0.887. The third kappa shape index (κ3) is 2.89. The van der Waals surface area contributed by atoms with Gasteiger partial charge in [-0.2, -0.15) is 15.0 Å². The van der Waals surface area contributed by atoms with E-state index in [0.717, 1.165) is 11.5 Å². The summed E-state index contributed by atoms with van der Waals surface area (Å²) < 4.78 is 5.52. The fourth-order valence-corrected chi connectivity index (χ4v) is 1.64. The van der Waals surface area contributed by atoms with Gasteiger partial charge in [0.1, 0.15) is 11.5 Å². The standard InChI is InChI=1S/C11H14ClN5O/c1-6-4-5-8(18-6)7(2)14-11-16-9(12)15-10(13-3)17-11/h4-5,7H,1-3H3,(H2,13,14,15,16,17). The highest BCUT2D eigenvalue weighted by Crippen LogP contribution is 2.20. The van der Waals surface area contributed by atoms with Gasteiger partial charge in [0.05, 0.1) is 6.04 Å². The van der Waals surface area contributed by atoms with E-state index in [2.05, 4.69) is 25.6 Å². The molecule has 2 N–H and O–H groups in total. The lowest BCUT2D eigenvalue weighted by atomic mass is 10.2. The van der Waals surface area contributed by atoms with Crippen LogP contribution in [0.1, 0.15) is 24.5 Å². The molecule has 0 aliphatic heterocycles. The van der Waals surface area contributed by atoms with Gasteiger partial charge in [-0.1, -0.05) is 0 Å². The first kappa shape index (κ1) is 12.6. The Kier molecular flexibility index (Phi) is 3.66. The van der Waals surface area contributed by atoms with Crippen LogP contribution in [0.2, 0.25) is 5.28 Å². The average molecular weight is 268 g/mol. The predicted molar refractivity (Wildman–Crippen MR) is 69.9 cm³/mol. The second-order valence-corrected chi connectivity index (χ2v) is 4.15. The zero-order chi connectivity index (χ0) is 13.1. The number of nitrogens with one attached hydrogen (secondary N) is 2. The van der Waals surface area contributed by atoms with Crippen LogP contribution in [0.25, 0.3) is 0 Å². The first-order valence-electron chi connectivity index (χ1n) is 5.50. The van der Waals surface area contributed by atoms with Crippen LogP contribution >= 0.6 is 11.6 Å². The molecule has 7 heteroatoms. The summed E-state index contributed by atoms with van der Waals surface area (Å²) in [4.78, 5) is 12.1. The molecule has 1 unspecified atom stereocenters. The largest absolute Gasteiger partial charge is 0.464 e. The molecule has 2 aromatic rings. The second-order valence-electron chi connectivity index (χ2n) is 3.82. The van der Waals surface area contributed by atoms with Gasteiger partial charge in [0, 0.05) is 7.05 Å². The summed E-state index contributed by atoms with van der Waals surface area (Å²) in [6, 6.07) is 3.77. The molecule has 2 heterocycles. The summed E-state index contributed by atoms with van der Waals surface area (Å²) in [5.74, 6) is 2.50. The van der Waals surface area contributed by atoms with E-state index in [1.165, 1.54) is 0 Å². The summed E-state index contributed by atoms with van der Waals surface area (Å²) in [7, 11) is 1.72. The van der Waals surface area contributed by atoms with Gasteiger partial charge in [0.25, 0.3) is 0 Å². The van der Waals surface area contributed by atoms with Crippen LogP contribution in [-0.4, -0.2) is 22.0 Å². The lowest BCUT2D eigenvalue weighted by Crippen LogP contribution is -2.10. The lowest BCUT2D eigenvalue weighted by molar-refractivity contribution is 0.466. The van der Waals surface area contributed by atoms with Crippen LogP contribution in [-0.2, 0) is 0 Å². The van der Waals surface area contributed by atoms with Gasteiger partial charge >= 0.3 is 0 Å². The maximum Gasteiger partial charge on any atom is 0.229 e. The number of aromatic nitrogens is 3.